The van der Waals surface area contributed by atoms with Crippen molar-refractivity contribution in [1.82, 2.24) is 0 Å². The molecule has 0 aromatic carbocycles. The largest absolute Gasteiger partial charge is 1.00 e. The highest BCUT2D eigenvalue weighted by atomic mass is 35.5. The molecular formula is C54H105Cl2O7+. The first-order chi connectivity index (χ1) is 29.5. The van der Waals surface area contributed by atoms with Crippen molar-refractivity contribution in [2.24, 2.45) is 22.2 Å². The molecule has 6 aliphatic carbocycles. The summed E-state index contributed by atoms with van der Waals surface area (Å²) in [7, 11) is 0. The number of aliphatic hydroxyl groups excluding tert-OH is 2. The van der Waals surface area contributed by atoms with Crippen molar-refractivity contribution >= 4 is 34.7 Å². The Bertz CT molecular complexity index is 993. The van der Waals surface area contributed by atoms with E-state index in [0.29, 0.717) is 18.3 Å². The van der Waals surface area contributed by atoms with Crippen LogP contribution in [0, 0.1) is 22.2 Å². The summed E-state index contributed by atoms with van der Waals surface area (Å²) in [6, 6.07) is 0. The Hall–Kier alpha value is -0.280. The lowest BCUT2D eigenvalue weighted by molar-refractivity contribution is -0.245. The Morgan fingerprint density at radius 2 is 0.746 bits per heavy atom. The predicted octanol–water partition coefficient (Wildman–Crippen LogP) is 16.3. The summed E-state index contributed by atoms with van der Waals surface area (Å²) in [5, 5.41) is 17.5. The van der Waals surface area contributed by atoms with Crippen LogP contribution in [0.2, 0.25) is 0 Å². The smallest absolute Gasteiger partial charge is 0.393 e. The number of ether oxygens (including phenoxy) is 3. The topological polar surface area (TPSA) is 102 Å². The van der Waals surface area contributed by atoms with E-state index in [4.69, 9.17) is 36.0 Å². The van der Waals surface area contributed by atoms with E-state index in [1.165, 1.54) is 174 Å². The molecule has 0 aromatic heterocycles. The fraction of sp³-hybridized carbons (Fsp3) is 0.963. The highest BCUT2D eigenvalue weighted by Gasteiger charge is 2.32. The standard InChI is InChI=1S/C17H32O2.C11H21ClO.C7H14.2C6H12O.C5H10O.C2H3ClO/c1-17(2,3)16(18-14-10-6-4-7-11-14)19-15-12-8-5-9-13-15;1-11(2,3)10(12)13-9-7-5-4-6-8-9;1-7-5-3-2-4-6-7;2*7-6-4-2-1-3-5-6;1-5(2,3)4-6;1-2(3)4/h14-16H,4-13H2,1-3H3;9-10H,4-8H2,1-3H3;7H,2-6H2,1H3;2*6-7H,1-5H2;4H,1-3H3;1H3/p+1. The van der Waals surface area contributed by atoms with E-state index in [1.54, 1.807) is 0 Å². The van der Waals surface area contributed by atoms with Gasteiger partial charge in [0, 0.05) is 23.2 Å². The molecular weight excluding hydrogens is 831 g/mol. The van der Waals surface area contributed by atoms with Gasteiger partial charge in [-0.1, -0.05) is 209 Å². The van der Waals surface area contributed by atoms with Crippen LogP contribution in [0.25, 0.3) is 0 Å². The summed E-state index contributed by atoms with van der Waals surface area (Å²) in [4.78, 5) is 19.0. The average molecular weight is 937 g/mol. The van der Waals surface area contributed by atoms with Gasteiger partial charge < -0.3 is 29.2 Å². The zero-order chi connectivity index (χ0) is 47.7. The van der Waals surface area contributed by atoms with Crippen molar-refractivity contribution in [3.63, 3.8) is 0 Å². The fourth-order valence-electron chi connectivity index (χ4n) is 8.24. The van der Waals surface area contributed by atoms with Crippen molar-refractivity contribution in [2.75, 3.05) is 0 Å². The van der Waals surface area contributed by atoms with Crippen molar-refractivity contribution in [3.05, 3.63) is 0 Å². The van der Waals surface area contributed by atoms with E-state index in [2.05, 4.69) is 60.1 Å². The van der Waals surface area contributed by atoms with Crippen LogP contribution in [0.4, 0.5) is 0 Å². The first-order valence-electron chi connectivity index (χ1n) is 26.1. The molecule has 6 rings (SSSR count). The average Bonchev–Trinajstić information content (AvgIpc) is 3.23. The maximum absolute atomic E-state index is 9.83. The first-order valence-corrected chi connectivity index (χ1v) is 26.9. The number of hydrogen-bond acceptors (Lipinski definition) is 7. The van der Waals surface area contributed by atoms with Gasteiger partial charge in [-0.3, -0.25) is 4.79 Å². The molecule has 6 saturated carbocycles. The maximum Gasteiger partial charge on any atom is 1.00 e. The van der Waals surface area contributed by atoms with Crippen LogP contribution >= 0.6 is 23.2 Å². The summed E-state index contributed by atoms with van der Waals surface area (Å²) >= 11 is 10.8. The Morgan fingerprint density at radius 1 is 0.508 bits per heavy atom. The number of carbonyl (C=O) groups excluding carboxylic acids is 2. The van der Waals surface area contributed by atoms with Crippen LogP contribution in [-0.2, 0) is 23.8 Å². The second kappa shape index (κ2) is 36.7. The normalized spacial score (nSPS) is 21.9. The highest BCUT2D eigenvalue weighted by molar-refractivity contribution is 6.62. The molecule has 0 aromatic rings. The van der Waals surface area contributed by atoms with Crippen LogP contribution in [0.3, 0.4) is 0 Å². The summed E-state index contributed by atoms with van der Waals surface area (Å²) < 4.78 is 18.5. The van der Waals surface area contributed by atoms with Crippen LogP contribution in [0.1, 0.15) is 270 Å². The molecule has 0 spiro atoms. The molecule has 6 aliphatic rings. The minimum atomic E-state index is -0.361. The third-order valence-electron chi connectivity index (χ3n) is 12.4. The zero-order valence-corrected chi connectivity index (χ0v) is 44.6. The number of alkyl halides is 1. The van der Waals surface area contributed by atoms with Gasteiger partial charge in [-0.05, 0) is 81.7 Å². The molecule has 1 unspecified atom stereocenters. The quantitative estimate of drug-likeness (QED) is 0.118. The van der Waals surface area contributed by atoms with Crippen molar-refractivity contribution in [3.8, 4) is 0 Å². The molecule has 376 valence electrons. The molecule has 1 atom stereocenters. The number of rotatable bonds is 6. The number of hydrogen-bond donors (Lipinski definition) is 2. The Kier molecular flexibility index (Phi) is 36.6. The number of aliphatic hydroxyl groups is 2. The summed E-state index contributed by atoms with van der Waals surface area (Å²) in [5.41, 5.74) is -0.149. The van der Waals surface area contributed by atoms with Gasteiger partial charge in [0.15, 0.2) is 6.29 Å². The lowest BCUT2D eigenvalue weighted by Crippen LogP contribution is -2.39. The van der Waals surface area contributed by atoms with E-state index in [0.717, 1.165) is 37.9 Å². The van der Waals surface area contributed by atoms with E-state index in [1.807, 2.05) is 20.8 Å². The lowest BCUT2D eigenvalue weighted by atomic mass is 9.91. The minimum Gasteiger partial charge on any atom is -0.393 e. The van der Waals surface area contributed by atoms with Gasteiger partial charge >= 0.3 is 1.43 Å². The maximum atomic E-state index is 9.83. The monoisotopic (exact) mass is 936 g/mol. The van der Waals surface area contributed by atoms with E-state index in [9.17, 15) is 9.59 Å². The van der Waals surface area contributed by atoms with Gasteiger partial charge in [0.25, 0.3) is 0 Å². The second-order valence-electron chi connectivity index (χ2n) is 22.8. The van der Waals surface area contributed by atoms with Crippen LogP contribution in [0.15, 0.2) is 0 Å². The molecule has 0 bridgehead atoms. The number of carbonyl (C=O) groups is 2. The van der Waals surface area contributed by atoms with Crippen LogP contribution in [-0.4, -0.2) is 64.1 Å². The number of aldehydes is 1. The summed E-state index contributed by atoms with van der Waals surface area (Å²) in [6.07, 6.45) is 40.8. The summed E-state index contributed by atoms with van der Waals surface area (Å²) in [6.45, 7) is 22.4. The molecule has 7 nitrogen and oxygen atoms in total. The summed E-state index contributed by atoms with van der Waals surface area (Å²) in [5.74, 6) is 1.04. The third-order valence-corrected chi connectivity index (χ3v) is 13.1. The van der Waals surface area contributed by atoms with Crippen LogP contribution < -0.4 is 0 Å². The van der Waals surface area contributed by atoms with E-state index >= 15 is 0 Å². The second-order valence-corrected chi connectivity index (χ2v) is 23.8. The van der Waals surface area contributed by atoms with Gasteiger partial charge in [-0.2, -0.15) is 0 Å². The van der Waals surface area contributed by atoms with Crippen molar-refractivity contribution in [1.29, 1.82) is 0 Å². The Balaban J connectivity index is 0. The van der Waals surface area contributed by atoms with Crippen LogP contribution in [0.5, 0.6) is 0 Å². The lowest BCUT2D eigenvalue weighted by Gasteiger charge is -2.38. The number of halogens is 2. The van der Waals surface area contributed by atoms with Gasteiger partial charge in [0.2, 0.25) is 5.24 Å². The minimum absolute atomic E-state index is 0. The molecule has 63 heavy (non-hydrogen) atoms. The van der Waals surface area contributed by atoms with E-state index < -0.39 is 0 Å². The predicted molar refractivity (Wildman–Crippen MR) is 270 cm³/mol. The molecule has 6 fully saturated rings. The molecule has 2 N–H and O–H groups in total. The van der Waals surface area contributed by atoms with Gasteiger partial charge in [-0.15, -0.1) is 0 Å². The first kappa shape index (κ1) is 62.7. The third kappa shape index (κ3) is 39.4. The highest BCUT2D eigenvalue weighted by Crippen LogP contribution is 2.33. The molecule has 0 amide bonds. The molecule has 0 heterocycles. The Morgan fingerprint density at radius 3 is 0.921 bits per heavy atom. The molecule has 0 aliphatic heterocycles. The Labute approximate surface area is 401 Å². The van der Waals surface area contributed by atoms with E-state index in [-0.39, 0.29) is 47.0 Å². The zero-order valence-electron chi connectivity index (χ0n) is 44.1. The van der Waals surface area contributed by atoms with Gasteiger partial charge in [-0.25, -0.2) is 0 Å². The fourth-order valence-corrected chi connectivity index (χ4v) is 8.38. The van der Waals surface area contributed by atoms with Gasteiger partial charge in [0.05, 0.1) is 30.5 Å². The van der Waals surface area contributed by atoms with Gasteiger partial charge in [0.1, 0.15) is 11.8 Å². The molecule has 9 heteroatoms. The SMILES string of the molecule is CC(=O)Cl.CC(C)(C)C(Cl)OC1CCCCC1.CC(C)(C)C(OC1CCCCC1)OC1CCCCC1.CC(C)(C)C=O.CC1CCCCC1.OC1CCCCC1.OC1CCCCC1.[H+]. The van der Waals surface area contributed by atoms with Crippen molar-refractivity contribution in [2.45, 2.75) is 311 Å². The molecule has 0 saturated heterocycles. The van der Waals surface area contributed by atoms with Crippen molar-refractivity contribution < 1.29 is 35.4 Å². The molecule has 0 radical (unpaired) electrons.